The summed E-state index contributed by atoms with van der Waals surface area (Å²) in [6, 6.07) is 10.9. The zero-order valence-electron chi connectivity index (χ0n) is 12.3. The van der Waals surface area contributed by atoms with Crippen LogP contribution in [0.2, 0.25) is 10.0 Å². The number of halogens is 2. The summed E-state index contributed by atoms with van der Waals surface area (Å²) in [7, 11) is 0. The number of nitrogens with one attached hydrogen (secondary N) is 1. The van der Waals surface area contributed by atoms with E-state index < -0.39 is 0 Å². The SMILES string of the molecule is O=C(CCc1ccc2c(c1)OCCO2)Nc1cccc(Cl)c1Cl. The topological polar surface area (TPSA) is 47.6 Å². The van der Waals surface area contributed by atoms with Crippen molar-refractivity contribution in [3.63, 3.8) is 0 Å². The number of anilines is 1. The molecule has 0 atom stereocenters. The Balaban J connectivity index is 1.60. The minimum Gasteiger partial charge on any atom is -0.486 e. The lowest BCUT2D eigenvalue weighted by Crippen LogP contribution is -2.16. The van der Waals surface area contributed by atoms with Gasteiger partial charge in [-0.15, -0.1) is 0 Å². The minimum atomic E-state index is -0.121. The molecule has 2 aromatic rings. The van der Waals surface area contributed by atoms with Gasteiger partial charge in [0.15, 0.2) is 11.5 Å². The highest BCUT2D eigenvalue weighted by Gasteiger charge is 2.13. The Morgan fingerprint density at radius 2 is 1.87 bits per heavy atom. The first-order valence-corrected chi connectivity index (χ1v) is 8.01. The van der Waals surface area contributed by atoms with Crippen LogP contribution in [0.25, 0.3) is 0 Å². The Morgan fingerprint density at radius 3 is 2.70 bits per heavy atom. The van der Waals surface area contributed by atoms with Gasteiger partial charge in [0.25, 0.3) is 0 Å². The van der Waals surface area contributed by atoms with Crippen molar-refractivity contribution in [3.8, 4) is 11.5 Å². The van der Waals surface area contributed by atoms with Gasteiger partial charge in [-0.25, -0.2) is 0 Å². The van der Waals surface area contributed by atoms with E-state index in [0.29, 0.717) is 41.8 Å². The fourth-order valence-corrected chi connectivity index (χ4v) is 2.66. The van der Waals surface area contributed by atoms with E-state index in [9.17, 15) is 4.79 Å². The van der Waals surface area contributed by atoms with Crippen LogP contribution in [-0.2, 0) is 11.2 Å². The molecule has 4 nitrogen and oxygen atoms in total. The summed E-state index contributed by atoms with van der Waals surface area (Å²) < 4.78 is 11.0. The Bertz CT molecular complexity index is 734. The van der Waals surface area contributed by atoms with E-state index in [0.717, 1.165) is 17.1 Å². The number of benzene rings is 2. The van der Waals surface area contributed by atoms with Crippen LogP contribution in [0.15, 0.2) is 36.4 Å². The van der Waals surface area contributed by atoms with Gasteiger partial charge in [0, 0.05) is 6.42 Å². The van der Waals surface area contributed by atoms with Gasteiger partial charge in [0.2, 0.25) is 5.91 Å². The highest BCUT2D eigenvalue weighted by atomic mass is 35.5. The number of carbonyl (C=O) groups excluding carboxylic acids is 1. The number of ether oxygens (including phenoxy) is 2. The third-order valence-corrected chi connectivity index (χ3v) is 4.29. The first kappa shape index (κ1) is 16.0. The van der Waals surface area contributed by atoms with Gasteiger partial charge in [-0.1, -0.05) is 35.3 Å². The van der Waals surface area contributed by atoms with Crippen molar-refractivity contribution >= 4 is 34.8 Å². The Hall–Kier alpha value is -1.91. The maximum absolute atomic E-state index is 12.1. The summed E-state index contributed by atoms with van der Waals surface area (Å²) in [5, 5.41) is 3.53. The summed E-state index contributed by atoms with van der Waals surface area (Å²) in [6.45, 7) is 1.11. The molecule has 0 aromatic heterocycles. The number of amides is 1. The molecule has 0 fully saturated rings. The van der Waals surface area contributed by atoms with Crippen molar-refractivity contribution in [2.75, 3.05) is 18.5 Å². The van der Waals surface area contributed by atoms with Crippen molar-refractivity contribution in [2.24, 2.45) is 0 Å². The average molecular weight is 352 g/mol. The summed E-state index contributed by atoms with van der Waals surface area (Å²) >= 11 is 12.0. The number of hydrogen-bond acceptors (Lipinski definition) is 3. The third kappa shape index (κ3) is 3.89. The predicted octanol–water partition coefficient (Wildman–Crippen LogP) is 4.34. The molecular formula is C17H15Cl2NO3. The fourth-order valence-electron chi connectivity index (χ4n) is 2.31. The van der Waals surface area contributed by atoms with Crippen molar-refractivity contribution in [3.05, 3.63) is 52.0 Å². The van der Waals surface area contributed by atoms with Crippen LogP contribution in [0.3, 0.4) is 0 Å². The molecule has 2 aromatic carbocycles. The van der Waals surface area contributed by atoms with Gasteiger partial charge < -0.3 is 14.8 Å². The Morgan fingerprint density at radius 1 is 1.09 bits per heavy atom. The monoisotopic (exact) mass is 351 g/mol. The van der Waals surface area contributed by atoms with E-state index in [1.165, 1.54) is 0 Å². The second kappa shape index (κ2) is 7.11. The largest absolute Gasteiger partial charge is 0.486 e. The van der Waals surface area contributed by atoms with Crippen LogP contribution < -0.4 is 14.8 Å². The molecule has 0 bridgehead atoms. The number of carbonyl (C=O) groups is 1. The van der Waals surface area contributed by atoms with E-state index in [4.69, 9.17) is 32.7 Å². The Labute approximate surface area is 144 Å². The molecule has 0 aliphatic carbocycles. The van der Waals surface area contributed by atoms with E-state index in [-0.39, 0.29) is 5.91 Å². The number of rotatable bonds is 4. The van der Waals surface area contributed by atoms with Crippen molar-refractivity contribution in [1.82, 2.24) is 0 Å². The van der Waals surface area contributed by atoms with Gasteiger partial charge in [0.05, 0.1) is 15.7 Å². The van der Waals surface area contributed by atoms with E-state index >= 15 is 0 Å². The summed E-state index contributed by atoms with van der Waals surface area (Å²) in [5.41, 5.74) is 1.54. The molecule has 1 heterocycles. The number of hydrogen-bond donors (Lipinski definition) is 1. The lowest BCUT2D eigenvalue weighted by molar-refractivity contribution is -0.116. The lowest BCUT2D eigenvalue weighted by Gasteiger charge is -2.18. The van der Waals surface area contributed by atoms with Crippen LogP contribution >= 0.6 is 23.2 Å². The van der Waals surface area contributed by atoms with Gasteiger partial charge in [-0.05, 0) is 36.2 Å². The Kier molecular flexibility index (Phi) is 4.94. The molecule has 1 N–H and O–H groups in total. The molecule has 3 rings (SSSR count). The quantitative estimate of drug-likeness (QED) is 0.891. The van der Waals surface area contributed by atoms with Gasteiger partial charge >= 0.3 is 0 Å². The molecule has 0 unspecified atom stereocenters. The standard InChI is InChI=1S/C17H15Cl2NO3/c18-12-2-1-3-13(17(12)19)20-16(21)7-5-11-4-6-14-15(10-11)23-9-8-22-14/h1-4,6,10H,5,7-9H2,(H,20,21). The van der Waals surface area contributed by atoms with Crippen LogP contribution in [0, 0.1) is 0 Å². The maximum Gasteiger partial charge on any atom is 0.224 e. The molecule has 0 saturated heterocycles. The highest BCUT2D eigenvalue weighted by Crippen LogP contribution is 2.31. The smallest absolute Gasteiger partial charge is 0.224 e. The molecule has 1 amide bonds. The molecule has 6 heteroatoms. The predicted molar refractivity (Wildman–Crippen MR) is 90.8 cm³/mol. The van der Waals surface area contributed by atoms with Gasteiger partial charge in [-0.2, -0.15) is 0 Å². The normalized spacial score (nSPS) is 12.8. The van der Waals surface area contributed by atoms with Crippen LogP contribution in [0.4, 0.5) is 5.69 Å². The molecule has 0 saturated carbocycles. The lowest BCUT2D eigenvalue weighted by atomic mass is 10.1. The second-order valence-electron chi connectivity index (χ2n) is 5.13. The van der Waals surface area contributed by atoms with E-state index in [2.05, 4.69) is 5.32 Å². The molecule has 0 spiro atoms. The zero-order chi connectivity index (χ0) is 16.2. The molecular weight excluding hydrogens is 337 g/mol. The first-order chi connectivity index (χ1) is 11.1. The molecule has 120 valence electrons. The van der Waals surface area contributed by atoms with Crippen molar-refractivity contribution < 1.29 is 14.3 Å². The summed E-state index contributed by atoms with van der Waals surface area (Å²) in [4.78, 5) is 12.1. The molecule has 1 aliphatic rings. The van der Waals surface area contributed by atoms with E-state index in [1.54, 1.807) is 18.2 Å². The summed E-state index contributed by atoms with van der Waals surface area (Å²) in [5.74, 6) is 1.35. The molecule has 0 radical (unpaired) electrons. The van der Waals surface area contributed by atoms with Crippen molar-refractivity contribution in [2.45, 2.75) is 12.8 Å². The van der Waals surface area contributed by atoms with E-state index in [1.807, 2.05) is 18.2 Å². The zero-order valence-corrected chi connectivity index (χ0v) is 13.8. The van der Waals surface area contributed by atoms with Crippen LogP contribution in [0.5, 0.6) is 11.5 Å². The fraction of sp³-hybridized carbons (Fsp3) is 0.235. The van der Waals surface area contributed by atoms with Gasteiger partial charge in [-0.3, -0.25) is 4.79 Å². The van der Waals surface area contributed by atoms with Crippen molar-refractivity contribution in [1.29, 1.82) is 0 Å². The maximum atomic E-state index is 12.1. The second-order valence-corrected chi connectivity index (χ2v) is 5.91. The average Bonchev–Trinajstić information content (AvgIpc) is 2.57. The number of aryl methyl sites for hydroxylation is 1. The first-order valence-electron chi connectivity index (χ1n) is 7.26. The van der Waals surface area contributed by atoms with Crippen LogP contribution in [0.1, 0.15) is 12.0 Å². The molecule has 1 aliphatic heterocycles. The van der Waals surface area contributed by atoms with Gasteiger partial charge in [0.1, 0.15) is 13.2 Å². The minimum absolute atomic E-state index is 0.121. The number of fused-ring (bicyclic) bond motifs is 1. The molecule has 23 heavy (non-hydrogen) atoms. The summed E-state index contributed by atoms with van der Waals surface area (Å²) in [6.07, 6.45) is 0.934. The van der Waals surface area contributed by atoms with Crippen LogP contribution in [-0.4, -0.2) is 19.1 Å². The third-order valence-electron chi connectivity index (χ3n) is 3.47. The highest BCUT2D eigenvalue weighted by molar-refractivity contribution is 6.43.